The fraction of sp³-hybridized carbons (Fsp3) is 0.0435. The van der Waals surface area contributed by atoms with Gasteiger partial charge in [-0.1, -0.05) is 18.2 Å². The fourth-order valence-corrected chi connectivity index (χ4v) is 3.23. The number of halogens is 3. The quantitative estimate of drug-likeness (QED) is 0.472. The highest BCUT2D eigenvalue weighted by atomic mass is 19.1. The largest absolute Gasteiger partial charge is 0.342 e. The highest BCUT2D eigenvalue weighted by molar-refractivity contribution is 6.10. The molecule has 0 atom stereocenters. The number of carbonyl (C=O) groups is 1. The van der Waals surface area contributed by atoms with Crippen LogP contribution in [0.15, 0.2) is 77.7 Å². The number of aromatic nitrogens is 1. The van der Waals surface area contributed by atoms with Crippen molar-refractivity contribution in [3.63, 3.8) is 0 Å². The van der Waals surface area contributed by atoms with E-state index in [1.807, 2.05) is 0 Å². The molecule has 0 bridgehead atoms. The Hall–Kier alpha value is -3.67. The standard InChI is InChI=1S/C23H14F3NO2/c24-16-7-5-14(6-8-16)22(28)19-13-27(12-15-3-1-2-4-20(15)26)21-10-9-17(25)11-18(21)23(19)29/h1-11,13H,12H2. The molecule has 0 aliphatic carbocycles. The van der Waals surface area contributed by atoms with Gasteiger partial charge in [0.1, 0.15) is 17.5 Å². The first-order valence-electron chi connectivity index (χ1n) is 8.80. The smallest absolute Gasteiger partial charge is 0.200 e. The van der Waals surface area contributed by atoms with Gasteiger partial charge in [0.25, 0.3) is 0 Å². The third kappa shape index (κ3) is 3.57. The summed E-state index contributed by atoms with van der Waals surface area (Å²) in [7, 11) is 0. The number of benzene rings is 3. The minimum Gasteiger partial charge on any atom is -0.342 e. The van der Waals surface area contributed by atoms with Crippen LogP contribution in [0.4, 0.5) is 13.2 Å². The Morgan fingerprint density at radius 1 is 0.862 bits per heavy atom. The molecular formula is C23H14F3NO2. The zero-order valence-corrected chi connectivity index (χ0v) is 15.0. The molecule has 3 nitrogen and oxygen atoms in total. The molecular weight excluding hydrogens is 379 g/mol. The lowest BCUT2D eigenvalue weighted by Crippen LogP contribution is -2.20. The molecule has 4 aromatic rings. The number of nitrogens with zero attached hydrogens (tertiary/aromatic N) is 1. The highest BCUT2D eigenvalue weighted by Crippen LogP contribution is 2.19. The van der Waals surface area contributed by atoms with Gasteiger partial charge in [0.2, 0.25) is 5.43 Å². The third-order valence-corrected chi connectivity index (χ3v) is 4.69. The summed E-state index contributed by atoms with van der Waals surface area (Å²) in [6, 6.07) is 14.6. The van der Waals surface area contributed by atoms with Gasteiger partial charge in [-0.25, -0.2) is 13.2 Å². The summed E-state index contributed by atoms with van der Waals surface area (Å²) in [5.74, 6) is -2.20. The topological polar surface area (TPSA) is 39.1 Å². The number of ketones is 1. The number of hydrogen-bond donors (Lipinski definition) is 0. The number of rotatable bonds is 4. The minimum atomic E-state index is -0.640. The Morgan fingerprint density at radius 2 is 1.55 bits per heavy atom. The van der Waals surface area contributed by atoms with E-state index in [4.69, 9.17) is 0 Å². The van der Waals surface area contributed by atoms with Crippen molar-refractivity contribution in [2.24, 2.45) is 0 Å². The van der Waals surface area contributed by atoms with Gasteiger partial charge in [0, 0.05) is 22.7 Å². The van der Waals surface area contributed by atoms with E-state index >= 15 is 0 Å². The molecule has 0 radical (unpaired) electrons. The van der Waals surface area contributed by atoms with E-state index in [0.717, 1.165) is 18.2 Å². The molecule has 0 unspecified atom stereocenters. The van der Waals surface area contributed by atoms with Gasteiger partial charge >= 0.3 is 0 Å². The van der Waals surface area contributed by atoms with Gasteiger partial charge in [0.05, 0.1) is 17.6 Å². The maximum Gasteiger partial charge on any atom is 0.200 e. The monoisotopic (exact) mass is 393 g/mol. The fourth-order valence-electron chi connectivity index (χ4n) is 3.23. The van der Waals surface area contributed by atoms with Crippen LogP contribution in [-0.4, -0.2) is 10.4 Å². The molecule has 4 rings (SSSR count). The molecule has 0 saturated heterocycles. The first-order chi connectivity index (χ1) is 13.9. The summed E-state index contributed by atoms with van der Waals surface area (Å²) < 4.78 is 42.7. The molecule has 6 heteroatoms. The zero-order valence-electron chi connectivity index (χ0n) is 15.0. The number of hydrogen-bond acceptors (Lipinski definition) is 2. The van der Waals surface area contributed by atoms with Crippen molar-refractivity contribution in [1.82, 2.24) is 4.57 Å². The predicted molar refractivity (Wildman–Crippen MR) is 104 cm³/mol. The average molecular weight is 393 g/mol. The van der Waals surface area contributed by atoms with Gasteiger partial charge in [0.15, 0.2) is 5.78 Å². The summed E-state index contributed by atoms with van der Waals surface area (Å²) in [4.78, 5) is 25.8. The third-order valence-electron chi connectivity index (χ3n) is 4.69. The maximum absolute atomic E-state index is 14.1. The Balaban J connectivity index is 1.92. The van der Waals surface area contributed by atoms with Crippen molar-refractivity contribution in [2.45, 2.75) is 6.54 Å². The normalized spacial score (nSPS) is 11.0. The Kier molecular flexibility index (Phi) is 4.76. The van der Waals surface area contributed by atoms with E-state index < -0.39 is 28.7 Å². The van der Waals surface area contributed by atoms with Crippen molar-refractivity contribution in [3.05, 3.63) is 117 Å². The molecule has 144 valence electrons. The molecule has 0 aliphatic rings. The molecule has 0 saturated carbocycles. The van der Waals surface area contributed by atoms with E-state index in [2.05, 4.69) is 0 Å². The van der Waals surface area contributed by atoms with E-state index in [9.17, 15) is 22.8 Å². The predicted octanol–water partition coefficient (Wildman–Crippen LogP) is 4.70. The van der Waals surface area contributed by atoms with Gasteiger partial charge in [-0.05, 0) is 48.5 Å². The molecule has 0 amide bonds. The van der Waals surface area contributed by atoms with Gasteiger partial charge in [-0.15, -0.1) is 0 Å². The summed E-state index contributed by atoms with van der Waals surface area (Å²) >= 11 is 0. The molecule has 0 aliphatic heterocycles. The van der Waals surface area contributed by atoms with Crippen molar-refractivity contribution in [1.29, 1.82) is 0 Å². The first-order valence-corrected chi connectivity index (χ1v) is 8.80. The van der Waals surface area contributed by atoms with Crippen molar-refractivity contribution >= 4 is 16.7 Å². The maximum atomic E-state index is 14.1. The number of carbonyl (C=O) groups excluding carboxylic acids is 1. The number of fused-ring (bicyclic) bond motifs is 1. The summed E-state index contributed by atoms with van der Waals surface area (Å²) in [5, 5.41) is 0.00861. The lowest BCUT2D eigenvalue weighted by molar-refractivity contribution is 0.103. The van der Waals surface area contributed by atoms with Gasteiger partial charge in [-0.3, -0.25) is 9.59 Å². The molecule has 1 aromatic heterocycles. The van der Waals surface area contributed by atoms with Crippen LogP contribution in [0.3, 0.4) is 0 Å². The van der Waals surface area contributed by atoms with E-state index in [1.165, 1.54) is 41.1 Å². The van der Waals surface area contributed by atoms with Crippen molar-refractivity contribution < 1.29 is 18.0 Å². The first kappa shape index (κ1) is 18.7. The second-order valence-corrected chi connectivity index (χ2v) is 6.59. The van der Waals surface area contributed by atoms with E-state index in [1.54, 1.807) is 18.2 Å². The average Bonchev–Trinajstić information content (AvgIpc) is 2.72. The van der Waals surface area contributed by atoms with Crippen LogP contribution in [0.1, 0.15) is 21.5 Å². The minimum absolute atomic E-state index is 0.00861. The molecule has 3 aromatic carbocycles. The van der Waals surface area contributed by atoms with Crippen LogP contribution >= 0.6 is 0 Å². The van der Waals surface area contributed by atoms with Crippen LogP contribution in [0.5, 0.6) is 0 Å². The Morgan fingerprint density at radius 3 is 2.28 bits per heavy atom. The number of pyridine rings is 1. The van der Waals surface area contributed by atoms with Crippen LogP contribution in [-0.2, 0) is 6.54 Å². The van der Waals surface area contributed by atoms with Crippen LogP contribution < -0.4 is 5.43 Å². The molecule has 0 N–H and O–H groups in total. The van der Waals surface area contributed by atoms with Crippen LogP contribution in [0, 0.1) is 17.5 Å². The Labute approximate surface area is 163 Å². The van der Waals surface area contributed by atoms with Crippen LogP contribution in [0.25, 0.3) is 10.9 Å². The van der Waals surface area contributed by atoms with Crippen molar-refractivity contribution in [3.8, 4) is 0 Å². The second-order valence-electron chi connectivity index (χ2n) is 6.59. The SMILES string of the molecule is O=C(c1ccc(F)cc1)c1cn(Cc2ccccc2F)c2ccc(F)cc2c1=O. The molecule has 29 heavy (non-hydrogen) atoms. The van der Waals surface area contributed by atoms with Crippen molar-refractivity contribution in [2.75, 3.05) is 0 Å². The summed E-state index contributed by atoms with van der Waals surface area (Å²) in [6.07, 6.45) is 1.33. The summed E-state index contributed by atoms with van der Waals surface area (Å²) in [6.45, 7) is 0.0405. The molecule has 0 fully saturated rings. The zero-order chi connectivity index (χ0) is 20.5. The molecule has 1 heterocycles. The van der Waals surface area contributed by atoms with Gasteiger partial charge < -0.3 is 4.57 Å². The van der Waals surface area contributed by atoms with Gasteiger partial charge in [-0.2, -0.15) is 0 Å². The van der Waals surface area contributed by atoms with E-state index in [-0.39, 0.29) is 23.1 Å². The van der Waals surface area contributed by atoms with Crippen LogP contribution in [0.2, 0.25) is 0 Å². The van der Waals surface area contributed by atoms with E-state index in [0.29, 0.717) is 11.1 Å². The summed E-state index contributed by atoms with van der Waals surface area (Å²) in [5.41, 5.74) is -0.00128. The molecule has 0 spiro atoms. The lowest BCUT2D eigenvalue weighted by atomic mass is 10.0. The Bertz CT molecular complexity index is 1290. The lowest BCUT2D eigenvalue weighted by Gasteiger charge is -2.14. The second kappa shape index (κ2) is 7.39. The highest BCUT2D eigenvalue weighted by Gasteiger charge is 2.18.